The normalized spacial score (nSPS) is 14.7. The van der Waals surface area contributed by atoms with Crippen molar-refractivity contribution in [3.63, 3.8) is 0 Å². The lowest BCUT2D eigenvalue weighted by Crippen LogP contribution is -2.46. The van der Waals surface area contributed by atoms with Crippen LogP contribution in [0.15, 0.2) is 59.2 Å². The summed E-state index contributed by atoms with van der Waals surface area (Å²) in [6, 6.07) is 13.9. The van der Waals surface area contributed by atoms with Crippen LogP contribution in [-0.2, 0) is 10.5 Å². The van der Waals surface area contributed by atoms with E-state index in [1.165, 1.54) is 11.3 Å². The molecule has 172 valence electrons. The Kier molecular flexibility index (Phi) is 8.09. The van der Waals surface area contributed by atoms with Gasteiger partial charge in [-0.3, -0.25) is 14.5 Å². The monoisotopic (exact) mass is 481 g/mol. The first-order chi connectivity index (χ1) is 16.1. The van der Waals surface area contributed by atoms with Gasteiger partial charge in [-0.2, -0.15) is 0 Å². The molecule has 3 heterocycles. The van der Waals surface area contributed by atoms with Gasteiger partial charge in [-0.15, -0.1) is 23.1 Å². The number of likely N-dealkylation sites (tertiary alicyclic amines) is 1. The first-order valence-electron chi connectivity index (χ1n) is 10.9. The van der Waals surface area contributed by atoms with Gasteiger partial charge in [0.1, 0.15) is 4.88 Å². The van der Waals surface area contributed by atoms with Crippen LogP contribution < -0.4 is 10.6 Å². The van der Waals surface area contributed by atoms with E-state index in [1.807, 2.05) is 43.3 Å². The number of aromatic nitrogens is 2. The fourth-order valence-corrected chi connectivity index (χ4v) is 5.25. The zero-order valence-electron chi connectivity index (χ0n) is 18.5. The van der Waals surface area contributed by atoms with Crippen LogP contribution in [0.25, 0.3) is 0 Å². The Morgan fingerprint density at radius 3 is 2.73 bits per heavy atom. The highest BCUT2D eigenvalue weighted by molar-refractivity contribution is 7.98. The van der Waals surface area contributed by atoms with Crippen LogP contribution in [0, 0.1) is 6.92 Å². The van der Waals surface area contributed by atoms with Crippen molar-refractivity contribution in [2.24, 2.45) is 0 Å². The Morgan fingerprint density at radius 2 is 2.00 bits per heavy atom. The average Bonchev–Trinajstić information content (AvgIpc) is 3.26. The maximum Gasteiger partial charge on any atom is 0.263 e. The molecular weight excluding hydrogens is 454 g/mol. The number of rotatable bonds is 8. The van der Waals surface area contributed by atoms with Crippen LogP contribution in [0.1, 0.15) is 33.8 Å². The number of hydrogen-bond acceptors (Lipinski definition) is 7. The third kappa shape index (κ3) is 6.86. The van der Waals surface area contributed by atoms with Gasteiger partial charge in [0.15, 0.2) is 0 Å². The second-order valence-electron chi connectivity index (χ2n) is 8.00. The van der Waals surface area contributed by atoms with E-state index in [-0.39, 0.29) is 17.9 Å². The van der Waals surface area contributed by atoms with Gasteiger partial charge in [0.25, 0.3) is 5.91 Å². The number of nitrogens with one attached hydrogen (secondary N) is 2. The number of aryl methyl sites for hydroxylation is 1. The van der Waals surface area contributed by atoms with Gasteiger partial charge in [0, 0.05) is 36.8 Å². The maximum absolute atomic E-state index is 12.6. The van der Waals surface area contributed by atoms with Crippen molar-refractivity contribution in [2.75, 3.05) is 25.0 Å². The molecule has 1 aromatic carbocycles. The highest BCUT2D eigenvalue weighted by Crippen LogP contribution is 2.22. The molecule has 1 aliphatic heterocycles. The molecule has 0 radical (unpaired) electrons. The van der Waals surface area contributed by atoms with Gasteiger partial charge >= 0.3 is 0 Å². The lowest BCUT2D eigenvalue weighted by Gasteiger charge is -2.31. The number of anilines is 1. The van der Waals surface area contributed by atoms with Gasteiger partial charge in [0.05, 0.1) is 22.8 Å². The van der Waals surface area contributed by atoms with Crippen molar-refractivity contribution in [3.8, 4) is 0 Å². The summed E-state index contributed by atoms with van der Waals surface area (Å²) in [5.41, 5.74) is 4.41. The van der Waals surface area contributed by atoms with Crippen LogP contribution in [0.4, 0.5) is 5.69 Å². The summed E-state index contributed by atoms with van der Waals surface area (Å²) in [6.45, 7) is 3.75. The zero-order chi connectivity index (χ0) is 23.0. The number of piperidine rings is 1. The molecule has 0 bridgehead atoms. The minimum absolute atomic E-state index is 0.0210. The summed E-state index contributed by atoms with van der Waals surface area (Å²) in [6.07, 6.45) is 3.45. The van der Waals surface area contributed by atoms with Crippen LogP contribution >= 0.6 is 23.1 Å². The average molecular weight is 482 g/mol. The van der Waals surface area contributed by atoms with Crippen molar-refractivity contribution in [3.05, 3.63) is 70.3 Å². The number of carbonyl (C=O) groups is 2. The van der Waals surface area contributed by atoms with Crippen molar-refractivity contribution in [1.29, 1.82) is 0 Å². The lowest BCUT2D eigenvalue weighted by molar-refractivity contribution is -0.117. The molecule has 7 nitrogen and oxygen atoms in total. The minimum Gasteiger partial charge on any atom is -0.348 e. The summed E-state index contributed by atoms with van der Waals surface area (Å²) in [4.78, 5) is 36.3. The Morgan fingerprint density at radius 1 is 1.15 bits per heavy atom. The number of thioether (sulfide) groups is 1. The fourth-order valence-electron chi connectivity index (χ4n) is 3.74. The predicted molar refractivity (Wildman–Crippen MR) is 133 cm³/mol. The summed E-state index contributed by atoms with van der Waals surface area (Å²) in [5.74, 6) is 0.723. The second kappa shape index (κ2) is 11.4. The van der Waals surface area contributed by atoms with E-state index in [0.29, 0.717) is 11.4 Å². The van der Waals surface area contributed by atoms with E-state index in [9.17, 15) is 9.59 Å². The third-order valence-electron chi connectivity index (χ3n) is 5.48. The van der Waals surface area contributed by atoms with Gasteiger partial charge in [-0.25, -0.2) is 9.97 Å². The van der Waals surface area contributed by atoms with Gasteiger partial charge in [-0.1, -0.05) is 18.2 Å². The molecule has 1 aliphatic rings. The van der Waals surface area contributed by atoms with Crippen molar-refractivity contribution >= 4 is 40.6 Å². The second-order valence-corrected chi connectivity index (χ2v) is 9.85. The third-order valence-corrected chi connectivity index (χ3v) is 7.42. The molecule has 4 rings (SSSR count). The number of thiazole rings is 1. The van der Waals surface area contributed by atoms with Gasteiger partial charge in [-0.05, 0) is 49.6 Å². The van der Waals surface area contributed by atoms with E-state index in [1.54, 1.807) is 23.5 Å². The quantitative estimate of drug-likeness (QED) is 0.474. The molecule has 9 heteroatoms. The van der Waals surface area contributed by atoms with E-state index in [0.717, 1.165) is 53.7 Å². The highest BCUT2D eigenvalue weighted by Gasteiger charge is 2.23. The van der Waals surface area contributed by atoms with Crippen LogP contribution in [0.5, 0.6) is 0 Å². The zero-order valence-corrected chi connectivity index (χ0v) is 20.1. The fraction of sp³-hybridized carbons (Fsp3) is 0.333. The molecule has 0 unspecified atom stereocenters. The molecule has 2 N–H and O–H groups in total. The van der Waals surface area contributed by atoms with E-state index in [2.05, 4.69) is 31.6 Å². The van der Waals surface area contributed by atoms with Crippen molar-refractivity contribution in [2.45, 2.75) is 36.6 Å². The molecule has 0 aliphatic carbocycles. The SMILES string of the molecule is Cc1ncsc1C(=O)NC1CCN(CC(=O)Nc2cccc(CSc3ccccn3)c2)CC1. The summed E-state index contributed by atoms with van der Waals surface area (Å²) in [5, 5.41) is 7.10. The lowest BCUT2D eigenvalue weighted by atomic mass is 10.0. The molecule has 2 aromatic heterocycles. The van der Waals surface area contributed by atoms with Crippen molar-refractivity contribution in [1.82, 2.24) is 20.2 Å². The predicted octanol–water partition coefficient (Wildman–Crippen LogP) is 3.97. The molecule has 33 heavy (non-hydrogen) atoms. The highest BCUT2D eigenvalue weighted by atomic mass is 32.2. The molecule has 2 amide bonds. The molecule has 3 aromatic rings. The Labute approximate surface area is 202 Å². The van der Waals surface area contributed by atoms with E-state index in [4.69, 9.17) is 0 Å². The summed E-state index contributed by atoms with van der Waals surface area (Å²) >= 11 is 3.04. The molecule has 0 atom stereocenters. The summed E-state index contributed by atoms with van der Waals surface area (Å²) < 4.78 is 0. The standard InChI is InChI=1S/C24H27N5O2S2/c1-17-23(33-16-26-17)24(31)28-19-8-11-29(12-9-19)14-21(30)27-20-6-4-5-18(13-20)15-32-22-7-2-3-10-25-22/h2-7,10,13,16,19H,8-9,11-12,14-15H2,1H3,(H,27,30)(H,28,31). The summed E-state index contributed by atoms with van der Waals surface area (Å²) in [7, 11) is 0. The minimum atomic E-state index is -0.0488. The Hall–Kier alpha value is -2.75. The smallest absolute Gasteiger partial charge is 0.263 e. The van der Waals surface area contributed by atoms with Gasteiger partial charge < -0.3 is 10.6 Å². The van der Waals surface area contributed by atoms with Crippen molar-refractivity contribution < 1.29 is 9.59 Å². The largest absolute Gasteiger partial charge is 0.348 e. The number of nitrogens with zero attached hydrogens (tertiary/aromatic N) is 3. The molecule has 1 saturated heterocycles. The van der Waals surface area contributed by atoms with Gasteiger partial charge in [0.2, 0.25) is 5.91 Å². The van der Waals surface area contributed by atoms with E-state index >= 15 is 0 Å². The Bertz CT molecular complexity index is 1080. The number of pyridine rings is 1. The number of hydrogen-bond donors (Lipinski definition) is 2. The first kappa shape index (κ1) is 23.4. The van der Waals surface area contributed by atoms with Crippen LogP contribution in [0.3, 0.4) is 0 Å². The van der Waals surface area contributed by atoms with Crippen LogP contribution in [0.2, 0.25) is 0 Å². The van der Waals surface area contributed by atoms with E-state index < -0.39 is 0 Å². The number of amides is 2. The number of carbonyl (C=O) groups excluding carboxylic acids is 2. The topological polar surface area (TPSA) is 87.2 Å². The molecular formula is C24H27N5O2S2. The molecule has 1 fully saturated rings. The number of benzene rings is 1. The Balaban J connectivity index is 1.20. The first-order valence-corrected chi connectivity index (χ1v) is 12.8. The maximum atomic E-state index is 12.6. The molecule has 0 spiro atoms. The van der Waals surface area contributed by atoms with Crippen LogP contribution in [-0.4, -0.2) is 52.4 Å². The molecule has 0 saturated carbocycles.